The van der Waals surface area contributed by atoms with Crippen LogP contribution in [0, 0.1) is 5.41 Å². The summed E-state index contributed by atoms with van der Waals surface area (Å²) in [5.41, 5.74) is 3.23. The number of hydrogen-bond donors (Lipinski definition) is 1. The average molecular weight is 246 g/mol. The van der Waals surface area contributed by atoms with Gasteiger partial charge in [-0.1, -0.05) is 52.0 Å². The number of aryl methyl sites for hydroxylation is 1. The van der Waals surface area contributed by atoms with Crippen molar-refractivity contribution in [2.75, 3.05) is 0 Å². The molecular weight excluding hydrogens is 224 g/mol. The number of aliphatic carboxylic acids is 1. The molecule has 0 saturated heterocycles. The fraction of sp³-hybridized carbons (Fsp3) is 0.438. The third kappa shape index (κ3) is 4.74. The molecule has 98 valence electrons. The lowest BCUT2D eigenvalue weighted by atomic mass is 9.85. The summed E-state index contributed by atoms with van der Waals surface area (Å²) in [6.45, 7) is 8.45. The normalized spacial score (nSPS) is 12.6. The van der Waals surface area contributed by atoms with Gasteiger partial charge in [0.2, 0.25) is 0 Å². The molecule has 0 fully saturated rings. The van der Waals surface area contributed by atoms with Crippen molar-refractivity contribution < 1.29 is 9.90 Å². The molecule has 0 bridgehead atoms. The maximum atomic E-state index is 10.9. The van der Waals surface area contributed by atoms with E-state index in [0.717, 1.165) is 24.0 Å². The zero-order chi connectivity index (χ0) is 13.8. The zero-order valence-corrected chi connectivity index (χ0v) is 11.7. The lowest BCUT2D eigenvalue weighted by Crippen LogP contribution is -2.07. The number of carboxylic acid groups (broad SMARTS) is 1. The second kappa shape index (κ2) is 5.85. The van der Waals surface area contributed by atoms with Crippen molar-refractivity contribution in [1.29, 1.82) is 0 Å². The number of hydrogen-bond acceptors (Lipinski definition) is 1. The van der Waals surface area contributed by atoms with Gasteiger partial charge in [0, 0.05) is 6.08 Å². The molecule has 0 aromatic heterocycles. The molecule has 1 rings (SSSR count). The van der Waals surface area contributed by atoms with E-state index >= 15 is 0 Å². The fourth-order valence-electron chi connectivity index (χ4n) is 1.91. The molecule has 0 aliphatic rings. The Morgan fingerprint density at radius 1 is 1.22 bits per heavy atom. The van der Waals surface area contributed by atoms with E-state index in [-0.39, 0.29) is 5.41 Å². The fourth-order valence-corrected chi connectivity index (χ4v) is 1.91. The minimum Gasteiger partial charge on any atom is -0.478 e. The zero-order valence-electron chi connectivity index (χ0n) is 11.7. The minimum absolute atomic E-state index is 0.0741. The summed E-state index contributed by atoms with van der Waals surface area (Å²) in [5, 5.41) is 8.97. The van der Waals surface area contributed by atoms with Gasteiger partial charge in [-0.25, -0.2) is 4.79 Å². The Bertz CT molecular complexity index is 433. The van der Waals surface area contributed by atoms with E-state index in [1.54, 1.807) is 0 Å². The van der Waals surface area contributed by atoms with Gasteiger partial charge in [0.1, 0.15) is 0 Å². The molecule has 0 saturated carbocycles. The second-order valence-corrected chi connectivity index (χ2v) is 5.80. The Morgan fingerprint density at radius 3 is 2.17 bits per heavy atom. The maximum Gasteiger partial charge on any atom is 0.328 e. The Hall–Kier alpha value is -1.57. The summed E-state index contributed by atoms with van der Waals surface area (Å²) in [6, 6.07) is 8.15. The van der Waals surface area contributed by atoms with Crippen LogP contribution in [-0.2, 0) is 11.2 Å². The van der Waals surface area contributed by atoms with E-state index in [0.29, 0.717) is 0 Å². The quantitative estimate of drug-likeness (QED) is 0.810. The van der Waals surface area contributed by atoms with Crippen molar-refractivity contribution in [3.05, 3.63) is 41.5 Å². The summed E-state index contributed by atoms with van der Waals surface area (Å²) in [6.07, 6.45) is 3.08. The molecule has 0 atom stereocenters. The third-order valence-electron chi connectivity index (χ3n) is 2.75. The van der Waals surface area contributed by atoms with Crippen molar-refractivity contribution in [3.8, 4) is 0 Å². The molecular formula is C16H22O2. The third-order valence-corrected chi connectivity index (χ3v) is 2.75. The highest BCUT2D eigenvalue weighted by molar-refractivity contribution is 5.90. The second-order valence-electron chi connectivity index (χ2n) is 5.80. The monoisotopic (exact) mass is 246 g/mol. The van der Waals surface area contributed by atoms with Crippen molar-refractivity contribution in [3.63, 3.8) is 0 Å². The van der Waals surface area contributed by atoms with Crippen LogP contribution in [0.15, 0.2) is 30.3 Å². The number of carboxylic acids is 1. The van der Waals surface area contributed by atoms with E-state index in [2.05, 4.69) is 39.8 Å². The average Bonchev–Trinajstić information content (AvgIpc) is 2.26. The van der Waals surface area contributed by atoms with Gasteiger partial charge in [-0.3, -0.25) is 0 Å². The van der Waals surface area contributed by atoms with E-state index in [9.17, 15) is 4.79 Å². The Balaban J connectivity index is 3.06. The Morgan fingerprint density at radius 2 is 1.78 bits per heavy atom. The lowest BCUT2D eigenvalue weighted by Gasteiger charge is -2.20. The van der Waals surface area contributed by atoms with Crippen LogP contribution in [0.5, 0.6) is 0 Å². The summed E-state index contributed by atoms with van der Waals surface area (Å²) >= 11 is 0. The molecule has 0 spiro atoms. The van der Waals surface area contributed by atoms with Crippen LogP contribution in [0.25, 0.3) is 5.57 Å². The minimum atomic E-state index is -0.881. The number of allylic oxidation sites excluding steroid dienone is 1. The van der Waals surface area contributed by atoms with E-state index < -0.39 is 5.97 Å². The van der Waals surface area contributed by atoms with Gasteiger partial charge in [-0.05, 0) is 35.0 Å². The molecule has 2 nitrogen and oxygen atoms in total. The molecule has 0 radical (unpaired) electrons. The van der Waals surface area contributed by atoms with Crippen LogP contribution in [0.2, 0.25) is 0 Å². The van der Waals surface area contributed by atoms with Gasteiger partial charge in [0.15, 0.2) is 0 Å². The predicted octanol–water partition coefficient (Wildman–Crippen LogP) is 4.15. The summed E-state index contributed by atoms with van der Waals surface area (Å²) in [4.78, 5) is 10.9. The predicted molar refractivity (Wildman–Crippen MR) is 75.5 cm³/mol. The highest BCUT2D eigenvalue weighted by atomic mass is 16.4. The van der Waals surface area contributed by atoms with Gasteiger partial charge in [-0.2, -0.15) is 0 Å². The molecule has 1 aromatic rings. The van der Waals surface area contributed by atoms with Crippen molar-refractivity contribution in [1.82, 2.24) is 0 Å². The van der Waals surface area contributed by atoms with Crippen molar-refractivity contribution in [2.45, 2.75) is 40.5 Å². The lowest BCUT2D eigenvalue weighted by molar-refractivity contribution is -0.131. The van der Waals surface area contributed by atoms with Crippen LogP contribution < -0.4 is 0 Å². The SMILES string of the molecule is CCc1ccc(/C(=C\C(=O)O)CC(C)(C)C)cc1. The van der Waals surface area contributed by atoms with E-state index in [1.807, 2.05) is 12.1 Å². The summed E-state index contributed by atoms with van der Waals surface area (Å²) in [5.74, 6) is -0.881. The van der Waals surface area contributed by atoms with Gasteiger partial charge in [-0.15, -0.1) is 0 Å². The van der Waals surface area contributed by atoms with E-state index in [4.69, 9.17) is 5.11 Å². The van der Waals surface area contributed by atoms with Gasteiger partial charge >= 0.3 is 5.97 Å². The molecule has 18 heavy (non-hydrogen) atoms. The van der Waals surface area contributed by atoms with Crippen LogP contribution in [0.1, 0.15) is 45.2 Å². The van der Waals surface area contributed by atoms with Crippen molar-refractivity contribution >= 4 is 11.5 Å². The standard InChI is InChI=1S/C16H22O2/c1-5-12-6-8-13(9-7-12)14(10-15(17)18)11-16(2,3)4/h6-10H,5,11H2,1-4H3,(H,17,18)/b14-10-. The molecule has 0 heterocycles. The topological polar surface area (TPSA) is 37.3 Å². The summed E-state index contributed by atoms with van der Waals surface area (Å²) in [7, 11) is 0. The number of benzene rings is 1. The first kappa shape index (κ1) is 14.5. The Kier molecular flexibility index (Phi) is 4.71. The van der Waals surface area contributed by atoms with Crippen LogP contribution in [0.3, 0.4) is 0 Å². The molecule has 2 heteroatoms. The van der Waals surface area contributed by atoms with Crippen LogP contribution in [0.4, 0.5) is 0 Å². The highest BCUT2D eigenvalue weighted by Gasteiger charge is 2.15. The first-order chi connectivity index (χ1) is 8.31. The number of rotatable bonds is 4. The maximum absolute atomic E-state index is 10.9. The molecule has 0 amide bonds. The van der Waals surface area contributed by atoms with Gasteiger partial charge in [0.25, 0.3) is 0 Å². The highest BCUT2D eigenvalue weighted by Crippen LogP contribution is 2.30. The smallest absolute Gasteiger partial charge is 0.328 e. The van der Waals surface area contributed by atoms with E-state index in [1.165, 1.54) is 11.6 Å². The van der Waals surface area contributed by atoms with Gasteiger partial charge in [0.05, 0.1) is 0 Å². The summed E-state index contributed by atoms with van der Waals surface area (Å²) < 4.78 is 0. The largest absolute Gasteiger partial charge is 0.478 e. The molecule has 0 unspecified atom stereocenters. The molecule has 1 aromatic carbocycles. The van der Waals surface area contributed by atoms with Gasteiger partial charge < -0.3 is 5.11 Å². The molecule has 0 aliphatic heterocycles. The first-order valence-electron chi connectivity index (χ1n) is 6.34. The molecule has 0 aliphatic carbocycles. The Labute approximate surface area is 109 Å². The first-order valence-corrected chi connectivity index (χ1v) is 6.34. The van der Waals surface area contributed by atoms with Crippen LogP contribution in [-0.4, -0.2) is 11.1 Å². The number of carbonyl (C=O) groups is 1. The molecule has 1 N–H and O–H groups in total. The van der Waals surface area contributed by atoms with Crippen LogP contribution >= 0.6 is 0 Å². The van der Waals surface area contributed by atoms with Crippen molar-refractivity contribution in [2.24, 2.45) is 5.41 Å².